The van der Waals surface area contributed by atoms with Crippen LogP contribution in [0.2, 0.25) is 0 Å². The van der Waals surface area contributed by atoms with Gasteiger partial charge in [0.1, 0.15) is 5.82 Å². The van der Waals surface area contributed by atoms with Crippen molar-refractivity contribution in [2.45, 2.75) is 13.8 Å². The quantitative estimate of drug-likeness (QED) is 0.612. The summed E-state index contributed by atoms with van der Waals surface area (Å²) in [5.41, 5.74) is 2.71. The van der Waals surface area contributed by atoms with Gasteiger partial charge in [-0.2, -0.15) is 0 Å². The van der Waals surface area contributed by atoms with E-state index in [9.17, 15) is 9.18 Å². The summed E-state index contributed by atoms with van der Waals surface area (Å²) in [6, 6.07) is 14.3. The Bertz CT molecular complexity index is 660. The minimum absolute atomic E-state index is 0.310. The lowest BCUT2D eigenvalue weighted by Gasteiger charge is -2.07. The first kappa shape index (κ1) is 15.0. The first-order valence-corrected chi connectivity index (χ1v) is 6.82. The topological polar surface area (TPSA) is 26.3 Å². The minimum atomic E-state index is -0.414. The number of esters is 1. The molecule has 0 radical (unpaired) electrons. The lowest BCUT2D eigenvalue weighted by molar-refractivity contribution is -0.137. The standard InChI is InChI=1S/C18H17FO2/c1-3-21-18(20)11-13(2)15-9-10-16(17(19)12-15)14-7-5-4-6-8-14/h4-12H,3H2,1-2H3/b13-11-. The van der Waals surface area contributed by atoms with Crippen molar-refractivity contribution in [1.29, 1.82) is 0 Å². The van der Waals surface area contributed by atoms with Gasteiger partial charge in [-0.15, -0.1) is 0 Å². The molecule has 0 aliphatic heterocycles. The van der Waals surface area contributed by atoms with Gasteiger partial charge >= 0.3 is 5.97 Å². The van der Waals surface area contributed by atoms with Crippen LogP contribution < -0.4 is 0 Å². The van der Waals surface area contributed by atoms with Crippen molar-refractivity contribution in [2.75, 3.05) is 6.61 Å². The molecule has 0 fully saturated rings. The van der Waals surface area contributed by atoms with Crippen LogP contribution >= 0.6 is 0 Å². The highest BCUT2D eigenvalue weighted by Crippen LogP contribution is 2.25. The third-order valence-electron chi connectivity index (χ3n) is 3.13. The van der Waals surface area contributed by atoms with E-state index in [0.717, 1.165) is 5.56 Å². The average molecular weight is 284 g/mol. The van der Waals surface area contributed by atoms with Gasteiger partial charge in [0.05, 0.1) is 6.61 Å². The second kappa shape index (κ2) is 6.84. The monoisotopic (exact) mass is 284 g/mol. The third kappa shape index (κ3) is 3.78. The first-order valence-electron chi connectivity index (χ1n) is 6.82. The molecule has 2 nitrogen and oxygen atoms in total. The Morgan fingerprint density at radius 2 is 1.90 bits per heavy atom. The van der Waals surface area contributed by atoms with Gasteiger partial charge in [-0.3, -0.25) is 0 Å². The van der Waals surface area contributed by atoms with Crippen LogP contribution in [0.4, 0.5) is 4.39 Å². The summed E-state index contributed by atoms with van der Waals surface area (Å²) in [6.45, 7) is 3.83. The zero-order chi connectivity index (χ0) is 15.2. The lowest BCUT2D eigenvalue weighted by Crippen LogP contribution is -2.00. The van der Waals surface area contributed by atoms with Crippen molar-refractivity contribution in [2.24, 2.45) is 0 Å². The van der Waals surface area contributed by atoms with Crippen molar-refractivity contribution >= 4 is 11.5 Å². The molecule has 2 aromatic carbocycles. The van der Waals surface area contributed by atoms with Gasteiger partial charge in [0.15, 0.2) is 0 Å². The summed E-state index contributed by atoms with van der Waals surface area (Å²) < 4.78 is 19.1. The molecule has 0 aliphatic rings. The summed E-state index contributed by atoms with van der Waals surface area (Å²) in [6.07, 6.45) is 1.38. The molecule has 108 valence electrons. The fraction of sp³-hybridized carbons (Fsp3) is 0.167. The highest BCUT2D eigenvalue weighted by molar-refractivity contribution is 5.91. The molecule has 2 rings (SSSR count). The fourth-order valence-corrected chi connectivity index (χ4v) is 2.06. The summed E-state index contributed by atoms with van der Waals surface area (Å²) in [5, 5.41) is 0. The predicted octanol–water partition coefficient (Wildman–Crippen LogP) is 4.46. The molecule has 21 heavy (non-hydrogen) atoms. The number of hydrogen-bond acceptors (Lipinski definition) is 2. The number of allylic oxidation sites excluding steroid dienone is 1. The molecule has 0 unspecified atom stereocenters. The number of halogens is 1. The van der Waals surface area contributed by atoms with E-state index >= 15 is 0 Å². The Labute approximate surface area is 123 Å². The van der Waals surface area contributed by atoms with Crippen molar-refractivity contribution in [3.8, 4) is 11.1 Å². The molecule has 2 aromatic rings. The van der Waals surface area contributed by atoms with Crippen LogP contribution in [0.3, 0.4) is 0 Å². The molecule has 0 amide bonds. The van der Waals surface area contributed by atoms with E-state index in [0.29, 0.717) is 23.3 Å². The van der Waals surface area contributed by atoms with E-state index in [4.69, 9.17) is 4.74 Å². The van der Waals surface area contributed by atoms with Crippen LogP contribution in [0.15, 0.2) is 54.6 Å². The molecular formula is C18H17FO2. The van der Waals surface area contributed by atoms with Crippen LogP contribution in [0.25, 0.3) is 16.7 Å². The maximum atomic E-state index is 14.2. The Morgan fingerprint density at radius 1 is 1.19 bits per heavy atom. The number of hydrogen-bond donors (Lipinski definition) is 0. The second-order valence-electron chi connectivity index (χ2n) is 4.64. The Hall–Kier alpha value is -2.42. The van der Waals surface area contributed by atoms with Gasteiger partial charge in [0.2, 0.25) is 0 Å². The van der Waals surface area contributed by atoms with E-state index in [1.807, 2.05) is 30.3 Å². The molecule has 0 bridgehead atoms. The Balaban J connectivity index is 2.29. The summed E-state index contributed by atoms with van der Waals surface area (Å²) in [7, 11) is 0. The van der Waals surface area contributed by atoms with Crippen molar-refractivity contribution in [1.82, 2.24) is 0 Å². The maximum absolute atomic E-state index is 14.2. The Kier molecular flexibility index (Phi) is 4.88. The van der Waals surface area contributed by atoms with Gasteiger partial charge in [-0.05, 0) is 36.6 Å². The second-order valence-corrected chi connectivity index (χ2v) is 4.64. The Morgan fingerprint density at radius 3 is 2.52 bits per heavy atom. The maximum Gasteiger partial charge on any atom is 0.331 e. The number of carbonyl (C=O) groups excluding carboxylic acids is 1. The fourth-order valence-electron chi connectivity index (χ4n) is 2.06. The first-order chi connectivity index (χ1) is 10.1. The highest BCUT2D eigenvalue weighted by atomic mass is 19.1. The molecular weight excluding hydrogens is 267 g/mol. The van der Waals surface area contributed by atoms with Crippen molar-refractivity contribution < 1.29 is 13.9 Å². The van der Waals surface area contributed by atoms with Crippen molar-refractivity contribution in [3.05, 3.63) is 66.0 Å². The van der Waals surface area contributed by atoms with E-state index in [-0.39, 0.29) is 5.82 Å². The zero-order valence-electron chi connectivity index (χ0n) is 12.1. The van der Waals surface area contributed by atoms with Crippen LogP contribution in [0, 0.1) is 5.82 Å². The summed E-state index contributed by atoms with van der Waals surface area (Å²) >= 11 is 0. The van der Waals surface area contributed by atoms with Gasteiger partial charge in [-0.1, -0.05) is 42.5 Å². The average Bonchev–Trinajstić information content (AvgIpc) is 2.48. The van der Waals surface area contributed by atoms with Crippen LogP contribution in [0.1, 0.15) is 19.4 Å². The molecule has 0 aromatic heterocycles. The van der Waals surface area contributed by atoms with E-state index in [2.05, 4.69) is 0 Å². The lowest BCUT2D eigenvalue weighted by atomic mass is 10.00. The number of ether oxygens (including phenoxy) is 1. The van der Waals surface area contributed by atoms with Gasteiger partial charge in [0, 0.05) is 11.6 Å². The molecule has 0 spiro atoms. The van der Waals surface area contributed by atoms with Gasteiger partial charge in [-0.25, -0.2) is 9.18 Å². The normalized spacial score (nSPS) is 11.3. The predicted molar refractivity (Wildman–Crippen MR) is 82.1 cm³/mol. The van der Waals surface area contributed by atoms with E-state index < -0.39 is 5.97 Å². The van der Waals surface area contributed by atoms with Crippen molar-refractivity contribution in [3.63, 3.8) is 0 Å². The molecule has 0 atom stereocenters. The zero-order valence-corrected chi connectivity index (χ0v) is 12.1. The molecule has 3 heteroatoms. The number of carbonyl (C=O) groups is 1. The summed E-state index contributed by atoms with van der Waals surface area (Å²) in [5.74, 6) is -0.724. The molecule has 0 heterocycles. The minimum Gasteiger partial charge on any atom is -0.463 e. The molecule has 0 saturated carbocycles. The number of benzene rings is 2. The smallest absolute Gasteiger partial charge is 0.331 e. The summed E-state index contributed by atoms with van der Waals surface area (Å²) in [4.78, 5) is 11.4. The van der Waals surface area contributed by atoms with Gasteiger partial charge < -0.3 is 4.74 Å². The van der Waals surface area contributed by atoms with Crippen LogP contribution in [-0.2, 0) is 9.53 Å². The molecule has 0 aliphatic carbocycles. The van der Waals surface area contributed by atoms with Crippen LogP contribution in [-0.4, -0.2) is 12.6 Å². The third-order valence-corrected chi connectivity index (χ3v) is 3.13. The van der Waals surface area contributed by atoms with E-state index in [1.165, 1.54) is 12.1 Å². The number of rotatable bonds is 4. The van der Waals surface area contributed by atoms with E-state index in [1.54, 1.807) is 26.0 Å². The molecule has 0 saturated heterocycles. The van der Waals surface area contributed by atoms with Gasteiger partial charge in [0.25, 0.3) is 0 Å². The largest absolute Gasteiger partial charge is 0.463 e. The highest BCUT2D eigenvalue weighted by Gasteiger charge is 2.08. The molecule has 0 N–H and O–H groups in total. The SMILES string of the molecule is CCOC(=O)/C=C(/C)c1ccc(-c2ccccc2)c(F)c1. The van der Waals surface area contributed by atoms with Crippen LogP contribution in [0.5, 0.6) is 0 Å².